The molecular formula is C11H9NOS. The van der Waals surface area contributed by atoms with E-state index in [0.717, 1.165) is 22.6 Å². The molecule has 2 rings (SSSR count). The second kappa shape index (κ2) is 3.72. The van der Waals surface area contributed by atoms with Crippen LogP contribution in [0.25, 0.3) is 10.6 Å². The van der Waals surface area contributed by atoms with Crippen LogP contribution in [-0.2, 0) is 0 Å². The molecule has 0 N–H and O–H groups in total. The van der Waals surface area contributed by atoms with Crippen LogP contribution >= 0.6 is 11.3 Å². The summed E-state index contributed by atoms with van der Waals surface area (Å²) in [5.41, 5.74) is 1.87. The first kappa shape index (κ1) is 9.09. The number of aldehydes is 1. The van der Waals surface area contributed by atoms with Gasteiger partial charge in [-0.05, 0) is 6.92 Å². The minimum absolute atomic E-state index is 0.712. The molecule has 2 nitrogen and oxygen atoms in total. The summed E-state index contributed by atoms with van der Waals surface area (Å²) in [7, 11) is 0. The molecule has 0 saturated carbocycles. The van der Waals surface area contributed by atoms with Gasteiger partial charge in [0.15, 0.2) is 6.29 Å². The number of hydrogen-bond donors (Lipinski definition) is 0. The average molecular weight is 203 g/mol. The first-order valence-corrected chi connectivity index (χ1v) is 5.11. The maximum absolute atomic E-state index is 10.6. The summed E-state index contributed by atoms with van der Waals surface area (Å²) in [6.45, 7) is 1.85. The number of benzene rings is 1. The molecule has 0 radical (unpaired) electrons. The van der Waals surface area contributed by atoms with Gasteiger partial charge in [-0.3, -0.25) is 4.79 Å². The summed E-state index contributed by atoms with van der Waals surface area (Å²) < 4.78 is 0. The van der Waals surface area contributed by atoms with Crippen LogP contribution in [0.15, 0.2) is 30.3 Å². The van der Waals surface area contributed by atoms with Crippen molar-refractivity contribution in [2.24, 2.45) is 0 Å². The van der Waals surface area contributed by atoms with Crippen molar-refractivity contribution in [3.05, 3.63) is 40.9 Å². The Bertz CT molecular complexity index is 448. The van der Waals surface area contributed by atoms with E-state index < -0.39 is 0 Å². The van der Waals surface area contributed by atoms with Gasteiger partial charge in [0, 0.05) is 5.56 Å². The van der Waals surface area contributed by atoms with E-state index >= 15 is 0 Å². The zero-order chi connectivity index (χ0) is 9.97. The van der Waals surface area contributed by atoms with Crippen LogP contribution in [0.5, 0.6) is 0 Å². The van der Waals surface area contributed by atoms with E-state index in [9.17, 15) is 4.79 Å². The first-order valence-electron chi connectivity index (χ1n) is 4.29. The zero-order valence-corrected chi connectivity index (χ0v) is 8.54. The second-order valence-electron chi connectivity index (χ2n) is 2.95. The number of nitrogens with zero attached hydrogens (tertiary/aromatic N) is 1. The lowest BCUT2D eigenvalue weighted by atomic mass is 10.2. The van der Waals surface area contributed by atoms with Gasteiger partial charge in [-0.1, -0.05) is 30.3 Å². The van der Waals surface area contributed by atoms with Crippen LogP contribution < -0.4 is 0 Å². The molecule has 0 aliphatic rings. The lowest BCUT2D eigenvalue weighted by Gasteiger charge is -1.92. The highest BCUT2D eigenvalue weighted by Crippen LogP contribution is 2.26. The molecule has 3 heteroatoms. The fraction of sp³-hybridized carbons (Fsp3) is 0.0909. The van der Waals surface area contributed by atoms with Gasteiger partial charge in [-0.2, -0.15) is 0 Å². The number of aryl methyl sites for hydroxylation is 1. The monoisotopic (exact) mass is 203 g/mol. The van der Waals surface area contributed by atoms with Crippen molar-refractivity contribution >= 4 is 17.6 Å². The highest BCUT2D eigenvalue weighted by molar-refractivity contribution is 7.16. The molecular weight excluding hydrogens is 194 g/mol. The van der Waals surface area contributed by atoms with Gasteiger partial charge >= 0.3 is 0 Å². The molecule has 0 saturated heterocycles. The lowest BCUT2D eigenvalue weighted by Crippen LogP contribution is -1.78. The molecule has 2 aromatic rings. The van der Waals surface area contributed by atoms with Gasteiger partial charge in [-0.25, -0.2) is 4.98 Å². The van der Waals surface area contributed by atoms with Crippen LogP contribution in [0, 0.1) is 6.92 Å². The van der Waals surface area contributed by atoms with Gasteiger partial charge in [0.2, 0.25) is 0 Å². The predicted molar refractivity (Wildman–Crippen MR) is 57.7 cm³/mol. The molecule has 14 heavy (non-hydrogen) atoms. The Morgan fingerprint density at radius 3 is 2.57 bits per heavy atom. The fourth-order valence-electron chi connectivity index (χ4n) is 1.22. The number of thiazole rings is 1. The Kier molecular flexibility index (Phi) is 2.41. The predicted octanol–water partition coefficient (Wildman–Crippen LogP) is 2.93. The van der Waals surface area contributed by atoms with E-state index in [1.165, 1.54) is 11.3 Å². The number of carbonyl (C=O) groups excluding carboxylic acids is 1. The maximum atomic E-state index is 10.6. The quantitative estimate of drug-likeness (QED) is 0.702. The number of carbonyl (C=O) groups is 1. The first-order chi connectivity index (χ1) is 6.81. The van der Waals surface area contributed by atoms with Gasteiger partial charge in [0.25, 0.3) is 0 Å². The molecule has 0 spiro atoms. The van der Waals surface area contributed by atoms with E-state index in [2.05, 4.69) is 4.98 Å². The topological polar surface area (TPSA) is 30.0 Å². The van der Waals surface area contributed by atoms with Gasteiger partial charge in [0.1, 0.15) is 5.01 Å². The van der Waals surface area contributed by atoms with Crippen molar-refractivity contribution in [2.45, 2.75) is 6.92 Å². The summed E-state index contributed by atoms with van der Waals surface area (Å²) in [4.78, 5) is 15.7. The third kappa shape index (κ3) is 1.59. The highest BCUT2D eigenvalue weighted by Gasteiger charge is 2.07. The van der Waals surface area contributed by atoms with Crippen LogP contribution in [-0.4, -0.2) is 11.3 Å². The molecule has 0 atom stereocenters. The molecule has 0 aliphatic heterocycles. The Balaban J connectivity index is 2.48. The lowest BCUT2D eigenvalue weighted by molar-refractivity contribution is 0.112. The summed E-state index contributed by atoms with van der Waals surface area (Å²) in [5.74, 6) is 0. The van der Waals surface area contributed by atoms with Crippen molar-refractivity contribution in [2.75, 3.05) is 0 Å². The molecule has 0 bridgehead atoms. The second-order valence-corrected chi connectivity index (χ2v) is 3.98. The van der Waals surface area contributed by atoms with E-state index in [4.69, 9.17) is 0 Å². The molecule has 1 aromatic heterocycles. The molecule has 0 unspecified atom stereocenters. The highest BCUT2D eigenvalue weighted by atomic mass is 32.1. The summed E-state index contributed by atoms with van der Waals surface area (Å²) in [6, 6.07) is 9.88. The van der Waals surface area contributed by atoms with Crippen molar-refractivity contribution in [3.8, 4) is 10.6 Å². The van der Waals surface area contributed by atoms with Crippen LogP contribution in [0.1, 0.15) is 15.4 Å². The van der Waals surface area contributed by atoms with Crippen LogP contribution in [0.4, 0.5) is 0 Å². The molecule has 0 aliphatic carbocycles. The van der Waals surface area contributed by atoms with Crippen molar-refractivity contribution in [1.82, 2.24) is 4.98 Å². The van der Waals surface area contributed by atoms with E-state index in [1.807, 2.05) is 37.3 Å². The van der Waals surface area contributed by atoms with E-state index in [-0.39, 0.29) is 0 Å². The van der Waals surface area contributed by atoms with E-state index in [0.29, 0.717) is 4.88 Å². The average Bonchev–Trinajstić information content (AvgIpc) is 2.61. The Labute approximate surface area is 86.2 Å². The van der Waals surface area contributed by atoms with E-state index in [1.54, 1.807) is 0 Å². The minimum atomic E-state index is 0.712. The number of rotatable bonds is 2. The summed E-state index contributed by atoms with van der Waals surface area (Å²) in [6.07, 6.45) is 0.861. The van der Waals surface area contributed by atoms with Crippen molar-refractivity contribution in [3.63, 3.8) is 0 Å². The third-order valence-electron chi connectivity index (χ3n) is 1.96. The Morgan fingerprint density at radius 2 is 2.00 bits per heavy atom. The van der Waals surface area contributed by atoms with Crippen LogP contribution in [0.2, 0.25) is 0 Å². The van der Waals surface area contributed by atoms with Gasteiger partial charge in [-0.15, -0.1) is 11.3 Å². The van der Waals surface area contributed by atoms with Crippen LogP contribution in [0.3, 0.4) is 0 Å². The van der Waals surface area contributed by atoms with Crippen molar-refractivity contribution < 1.29 is 4.79 Å². The molecule has 70 valence electrons. The SMILES string of the molecule is Cc1nc(-c2ccccc2)sc1C=O. The number of hydrogen-bond acceptors (Lipinski definition) is 3. The molecule has 1 heterocycles. The van der Waals surface area contributed by atoms with Crippen molar-refractivity contribution in [1.29, 1.82) is 0 Å². The Hall–Kier alpha value is -1.48. The largest absolute Gasteiger partial charge is 0.297 e. The third-order valence-corrected chi connectivity index (χ3v) is 3.09. The Morgan fingerprint density at radius 1 is 1.29 bits per heavy atom. The van der Waals surface area contributed by atoms with Gasteiger partial charge < -0.3 is 0 Å². The smallest absolute Gasteiger partial charge is 0.161 e. The fourth-order valence-corrected chi connectivity index (χ4v) is 2.11. The standard InChI is InChI=1S/C11H9NOS/c1-8-10(7-13)14-11(12-8)9-5-3-2-4-6-9/h2-7H,1H3. The summed E-state index contributed by atoms with van der Waals surface area (Å²) in [5, 5.41) is 0.908. The van der Waals surface area contributed by atoms with Gasteiger partial charge in [0.05, 0.1) is 10.6 Å². The normalized spacial score (nSPS) is 10.1. The summed E-state index contributed by atoms with van der Waals surface area (Å²) >= 11 is 1.43. The molecule has 0 amide bonds. The molecule has 0 fully saturated rings. The zero-order valence-electron chi connectivity index (χ0n) is 7.73. The molecule has 1 aromatic carbocycles. The number of aromatic nitrogens is 1. The maximum Gasteiger partial charge on any atom is 0.161 e. The minimum Gasteiger partial charge on any atom is -0.297 e.